The van der Waals surface area contributed by atoms with Gasteiger partial charge < -0.3 is 4.90 Å². The van der Waals surface area contributed by atoms with Gasteiger partial charge in [-0.05, 0) is 44.1 Å². The molecule has 0 bridgehead atoms. The normalized spacial score (nSPS) is 19.6. The first-order valence-corrected chi connectivity index (χ1v) is 7.65. The number of halogens is 1. The van der Waals surface area contributed by atoms with Crippen LogP contribution in [-0.4, -0.2) is 43.9 Å². The summed E-state index contributed by atoms with van der Waals surface area (Å²) in [6, 6.07) is 6.49. The zero-order valence-electron chi connectivity index (χ0n) is 11.6. The summed E-state index contributed by atoms with van der Waals surface area (Å²) >= 11 is 3.41. The molecule has 2 rings (SSSR count). The molecule has 0 aromatic heterocycles. The second kappa shape index (κ2) is 6.53. The van der Waals surface area contributed by atoms with Crippen LogP contribution in [0.2, 0.25) is 0 Å². The molecule has 0 saturated carbocycles. The van der Waals surface area contributed by atoms with Crippen LogP contribution >= 0.6 is 15.9 Å². The van der Waals surface area contributed by atoms with Crippen molar-refractivity contribution in [1.82, 2.24) is 4.90 Å². The first kappa shape index (κ1) is 14.5. The average molecular weight is 325 g/mol. The van der Waals surface area contributed by atoms with Gasteiger partial charge in [0.25, 0.3) is 0 Å². The molecule has 104 valence electrons. The summed E-state index contributed by atoms with van der Waals surface area (Å²) in [6.45, 7) is 5.51. The molecular weight excluding hydrogens is 304 g/mol. The van der Waals surface area contributed by atoms with Gasteiger partial charge in [-0.15, -0.1) is 0 Å². The molecule has 19 heavy (non-hydrogen) atoms. The van der Waals surface area contributed by atoms with Crippen molar-refractivity contribution in [3.63, 3.8) is 0 Å². The Morgan fingerprint density at radius 1 is 1.53 bits per heavy atom. The third-order valence-electron chi connectivity index (χ3n) is 3.92. The standard InChI is InChI=1S/C15H21BrN2O/c1-3-18-8-4-5-14(18)10-17(2)15-7-6-13(16)9-12(15)11-19/h6-7,9,11,14H,3-5,8,10H2,1-2H3. The number of hydrogen-bond donors (Lipinski definition) is 0. The van der Waals surface area contributed by atoms with Gasteiger partial charge in [0.15, 0.2) is 6.29 Å². The van der Waals surface area contributed by atoms with E-state index in [-0.39, 0.29) is 0 Å². The molecular formula is C15H21BrN2O. The maximum absolute atomic E-state index is 11.2. The number of likely N-dealkylation sites (N-methyl/N-ethyl adjacent to an activating group) is 2. The molecule has 0 N–H and O–H groups in total. The Kier molecular flexibility index (Phi) is 4.99. The van der Waals surface area contributed by atoms with E-state index in [0.29, 0.717) is 6.04 Å². The fourth-order valence-electron chi connectivity index (χ4n) is 2.90. The summed E-state index contributed by atoms with van der Waals surface area (Å²) in [5.74, 6) is 0. The van der Waals surface area contributed by atoms with Crippen LogP contribution < -0.4 is 4.90 Å². The van der Waals surface area contributed by atoms with Crippen LogP contribution in [-0.2, 0) is 0 Å². The van der Waals surface area contributed by atoms with Crippen molar-refractivity contribution in [2.45, 2.75) is 25.8 Å². The summed E-state index contributed by atoms with van der Waals surface area (Å²) in [5.41, 5.74) is 1.76. The van der Waals surface area contributed by atoms with Crippen LogP contribution in [0.25, 0.3) is 0 Å². The minimum absolute atomic E-state index is 0.609. The lowest BCUT2D eigenvalue weighted by Crippen LogP contribution is -2.39. The predicted octanol–water partition coefficient (Wildman–Crippen LogP) is 3.18. The Morgan fingerprint density at radius 2 is 2.32 bits per heavy atom. The number of nitrogens with zero attached hydrogens (tertiary/aromatic N) is 2. The lowest BCUT2D eigenvalue weighted by atomic mass is 10.1. The first-order valence-electron chi connectivity index (χ1n) is 6.85. The van der Waals surface area contributed by atoms with Crippen molar-refractivity contribution in [2.24, 2.45) is 0 Å². The smallest absolute Gasteiger partial charge is 0.152 e. The van der Waals surface area contributed by atoms with Crippen molar-refractivity contribution in [3.05, 3.63) is 28.2 Å². The number of carbonyl (C=O) groups is 1. The van der Waals surface area contributed by atoms with E-state index >= 15 is 0 Å². The van der Waals surface area contributed by atoms with E-state index in [0.717, 1.165) is 35.1 Å². The van der Waals surface area contributed by atoms with E-state index in [2.05, 4.69) is 39.7 Å². The molecule has 1 fully saturated rings. The third kappa shape index (κ3) is 3.37. The lowest BCUT2D eigenvalue weighted by Gasteiger charge is -2.29. The van der Waals surface area contributed by atoms with Gasteiger partial charge >= 0.3 is 0 Å². The molecule has 1 aliphatic heterocycles. The van der Waals surface area contributed by atoms with E-state index in [1.54, 1.807) is 0 Å². The molecule has 1 aromatic carbocycles. The number of carbonyl (C=O) groups excluding carboxylic acids is 1. The van der Waals surface area contributed by atoms with Crippen LogP contribution in [0.5, 0.6) is 0 Å². The molecule has 0 aliphatic carbocycles. The van der Waals surface area contributed by atoms with E-state index in [9.17, 15) is 4.79 Å². The first-order chi connectivity index (χ1) is 9.15. The Morgan fingerprint density at radius 3 is 3.00 bits per heavy atom. The molecule has 1 heterocycles. The molecule has 1 aromatic rings. The summed E-state index contributed by atoms with van der Waals surface area (Å²) < 4.78 is 0.947. The second-order valence-corrected chi connectivity index (χ2v) is 6.04. The molecule has 3 nitrogen and oxygen atoms in total. The predicted molar refractivity (Wildman–Crippen MR) is 83.1 cm³/mol. The van der Waals surface area contributed by atoms with Gasteiger partial charge in [0.05, 0.1) is 0 Å². The largest absolute Gasteiger partial charge is 0.372 e. The molecule has 4 heteroatoms. The maximum atomic E-state index is 11.2. The quantitative estimate of drug-likeness (QED) is 0.777. The van der Waals surface area contributed by atoms with Crippen molar-refractivity contribution in [2.75, 3.05) is 31.6 Å². The molecule has 0 amide bonds. The zero-order valence-corrected chi connectivity index (χ0v) is 13.2. The summed E-state index contributed by atoms with van der Waals surface area (Å²) in [5, 5.41) is 0. The van der Waals surface area contributed by atoms with Gasteiger partial charge in [0.2, 0.25) is 0 Å². The van der Waals surface area contributed by atoms with Crippen molar-refractivity contribution in [3.8, 4) is 0 Å². The van der Waals surface area contributed by atoms with Crippen LogP contribution in [0, 0.1) is 0 Å². The number of hydrogen-bond acceptors (Lipinski definition) is 3. The van der Waals surface area contributed by atoms with E-state index in [4.69, 9.17) is 0 Å². The fraction of sp³-hybridized carbons (Fsp3) is 0.533. The zero-order chi connectivity index (χ0) is 13.8. The summed E-state index contributed by atoms with van der Waals surface area (Å²) in [6.07, 6.45) is 3.47. The molecule has 1 saturated heterocycles. The van der Waals surface area contributed by atoms with Crippen LogP contribution in [0.15, 0.2) is 22.7 Å². The van der Waals surface area contributed by atoms with Gasteiger partial charge in [-0.2, -0.15) is 0 Å². The number of rotatable bonds is 5. The highest BCUT2D eigenvalue weighted by molar-refractivity contribution is 9.10. The highest BCUT2D eigenvalue weighted by Crippen LogP contribution is 2.25. The van der Waals surface area contributed by atoms with Crippen LogP contribution in [0.4, 0.5) is 5.69 Å². The van der Waals surface area contributed by atoms with Gasteiger partial charge in [0, 0.05) is 35.4 Å². The minimum Gasteiger partial charge on any atom is -0.372 e. The number of aldehydes is 1. The highest BCUT2D eigenvalue weighted by Gasteiger charge is 2.24. The Balaban J connectivity index is 2.11. The molecule has 1 atom stereocenters. The summed E-state index contributed by atoms with van der Waals surface area (Å²) in [7, 11) is 2.07. The van der Waals surface area contributed by atoms with E-state index < -0.39 is 0 Å². The number of anilines is 1. The molecule has 1 aliphatic rings. The van der Waals surface area contributed by atoms with Gasteiger partial charge in [-0.1, -0.05) is 22.9 Å². The SMILES string of the molecule is CCN1CCCC1CN(C)c1ccc(Br)cc1C=O. The Bertz CT molecular complexity index is 450. The molecule has 1 unspecified atom stereocenters. The van der Waals surface area contributed by atoms with Crippen LogP contribution in [0.1, 0.15) is 30.1 Å². The second-order valence-electron chi connectivity index (χ2n) is 5.13. The average Bonchev–Trinajstić information content (AvgIpc) is 2.85. The topological polar surface area (TPSA) is 23.6 Å². The summed E-state index contributed by atoms with van der Waals surface area (Å²) in [4.78, 5) is 15.9. The maximum Gasteiger partial charge on any atom is 0.152 e. The molecule has 0 radical (unpaired) electrons. The van der Waals surface area contributed by atoms with E-state index in [1.807, 2.05) is 18.2 Å². The number of likely N-dealkylation sites (tertiary alicyclic amines) is 1. The van der Waals surface area contributed by atoms with Gasteiger partial charge in [-0.3, -0.25) is 9.69 Å². The third-order valence-corrected chi connectivity index (χ3v) is 4.41. The van der Waals surface area contributed by atoms with Crippen molar-refractivity contribution in [1.29, 1.82) is 0 Å². The van der Waals surface area contributed by atoms with E-state index in [1.165, 1.54) is 19.4 Å². The van der Waals surface area contributed by atoms with Crippen LogP contribution in [0.3, 0.4) is 0 Å². The fourth-order valence-corrected chi connectivity index (χ4v) is 3.28. The monoisotopic (exact) mass is 324 g/mol. The van der Waals surface area contributed by atoms with Gasteiger partial charge in [0.1, 0.15) is 0 Å². The van der Waals surface area contributed by atoms with Gasteiger partial charge in [-0.25, -0.2) is 0 Å². The Labute approximate surface area is 123 Å². The lowest BCUT2D eigenvalue weighted by molar-refractivity contribution is 0.112. The Hall–Kier alpha value is -0.870. The van der Waals surface area contributed by atoms with Crippen molar-refractivity contribution >= 4 is 27.9 Å². The minimum atomic E-state index is 0.609. The van der Waals surface area contributed by atoms with Crippen molar-refractivity contribution < 1.29 is 4.79 Å². The number of benzene rings is 1. The molecule has 0 spiro atoms. The highest BCUT2D eigenvalue weighted by atomic mass is 79.9.